The van der Waals surface area contributed by atoms with Gasteiger partial charge in [-0.1, -0.05) is 212 Å². The monoisotopic (exact) mass is 1120 g/mol. The molecule has 2 aliphatic rings. The van der Waals surface area contributed by atoms with E-state index in [9.17, 15) is 45.6 Å². The van der Waals surface area contributed by atoms with Crippen LogP contribution in [-0.2, 0) is 23.7 Å². The molecule has 12 unspecified atom stereocenters. The molecule has 80 heavy (non-hydrogen) atoms. The van der Waals surface area contributed by atoms with E-state index < -0.39 is 86.8 Å². The summed E-state index contributed by atoms with van der Waals surface area (Å²) in [5.74, 6) is -0.260. The summed E-state index contributed by atoms with van der Waals surface area (Å²) in [6, 6.07) is -0.925. The number of hydrogen-bond donors (Lipinski definition) is 9. The highest BCUT2D eigenvalue weighted by Crippen LogP contribution is 2.30. The van der Waals surface area contributed by atoms with Crippen molar-refractivity contribution in [3.05, 3.63) is 134 Å². The molecule has 9 N–H and O–H groups in total. The summed E-state index contributed by atoms with van der Waals surface area (Å²) in [5, 5.41) is 86.6. The topological polar surface area (TPSA) is 228 Å². The Kier molecular flexibility index (Phi) is 44.9. The van der Waals surface area contributed by atoms with Gasteiger partial charge in [0.25, 0.3) is 0 Å². The smallest absolute Gasteiger partial charge is 0.220 e. The largest absolute Gasteiger partial charge is 0.394 e. The molecule has 2 rings (SSSR count). The van der Waals surface area contributed by atoms with Crippen LogP contribution in [0.5, 0.6) is 0 Å². The maximum Gasteiger partial charge on any atom is 0.220 e. The third kappa shape index (κ3) is 34.5. The van der Waals surface area contributed by atoms with Gasteiger partial charge in [0.2, 0.25) is 5.91 Å². The minimum atomic E-state index is -1.79. The lowest BCUT2D eigenvalue weighted by Gasteiger charge is -2.46. The minimum absolute atomic E-state index is 0.260. The molecule has 454 valence electrons. The lowest BCUT2D eigenvalue weighted by atomic mass is 9.97. The van der Waals surface area contributed by atoms with Crippen LogP contribution in [-0.4, -0.2) is 140 Å². The number of hydrogen-bond acceptors (Lipinski definition) is 13. The molecule has 0 aromatic carbocycles. The van der Waals surface area contributed by atoms with Gasteiger partial charge in [-0.15, -0.1) is 0 Å². The zero-order chi connectivity index (χ0) is 58.1. The van der Waals surface area contributed by atoms with Gasteiger partial charge in [0.05, 0.1) is 32.0 Å². The summed E-state index contributed by atoms with van der Waals surface area (Å²) in [5.41, 5.74) is 0. The van der Waals surface area contributed by atoms with E-state index in [-0.39, 0.29) is 18.9 Å². The van der Waals surface area contributed by atoms with Crippen molar-refractivity contribution in [2.75, 3.05) is 19.8 Å². The SMILES string of the molecule is CC/C=C\C/C=C\C/C=C\C/C=C\C/C=C\C/C=C\C/C=C\C/C=C\C/C=C\C/C=C\CCCCCCCCCCC(=O)NC(COC1OC(CO)C(OC2OC(CO)C(O)C(O)C2O)C(O)C1O)C(O)/C=C/CCCCCCC. The second kappa shape index (κ2) is 49.7. The zero-order valence-electron chi connectivity index (χ0n) is 48.8. The van der Waals surface area contributed by atoms with Crippen LogP contribution in [0.2, 0.25) is 0 Å². The van der Waals surface area contributed by atoms with E-state index in [0.29, 0.717) is 6.42 Å². The standard InChI is InChI=1S/C66H107NO13/c1-3-5-7-9-11-12-13-14-15-16-17-18-19-20-21-22-23-24-25-26-27-28-29-30-31-32-33-34-35-36-37-38-39-40-41-42-44-46-48-50-58(71)67-54(55(70)49-47-45-43-10-8-6-4-2)53-77-65-63(76)61(74)64(57(52-69)79-65)80-66-62(75)60(73)59(72)56(51-68)78-66/h5,7,11-12,14-15,17-18,20-21,23-24,26-27,29-30,32-33,35-36,47,49,54-57,59-66,68-70,72-76H,3-4,6,8-10,13,16,19,22,25,28,31,34,37-46,48,50-53H2,1-2H3,(H,67,71)/b7-5-,12-11-,15-14-,18-17-,21-20-,24-23-,27-26-,30-29-,33-32-,36-35-,49-47+. The number of aliphatic hydroxyl groups excluding tert-OH is 8. The second-order valence-electron chi connectivity index (χ2n) is 20.7. The predicted octanol–water partition coefficient (Wildman–Crippen LogP) is 10.8. The molecule has 14 nitrogen and oxygen atoms in total. The summed E-state index contributed by atoms with van der Waals surface area (Å²) in [4.78, 5) is 13.2. The quantitative estimate of drug-likeness (QED) is 0.0204. The molecule has 0 aromatic heterocycles. The molecule has 0 spiro atoms. The molecule has 12 atom stereocenters. The fraction of sp³-hybridized carbons (Fsp3) is 0.652. The molecule has 2 saturated heterocycles. The number of aliphatic hydroxyl groups is 8. The Labute approximate surface area is 481 Å². The minimum Gasteiger partial charge on any atom is -0.394 e. The Morgan fingerprint density at radius 1 is 0.463 bits per heavy atom. The van der Waals surface area contributed by atoms with E-state index in [1.54, 1.807) is 6.08 Å². The van der Waals surface area contributed by atoms with Gasteiger partial charge in [-0.25, -0.2) is 0 Å². The number of nitrogens with one attached hydrogen (secondary N) is 1. The van der Waals surface area contributed by atoms with Gasteiger partial charge in [-0.05, 0) is 96.3 Å². The Morgan fingerprint density at radius 3 is 1.32 bits per heavy atom. The molecule has 2 fully saturated rings. The van der Waals surface area contributed by atoms with Gasteiger partial charge >= 0.3 is 0 Å². The molecule has 14 heteroatoms. The van der Waals surface area contributed by atoms with Crippen molar-refractivity contribution in [1.29, 1.82) is 0 Å². The van der Waals surface area contributed by atoms with Crippen LogP contribution in [0, 0.1) is 0 Å². The number of unbranched alkanes of at least 4 members (excludes halogenated alkanes) is 13. The summed E-state index contributed by atoms with van der Waals surface area (Å²) >= 11 is 0. The summed E-state index contributed by atoms with van der Waals surface area (Å²) in [6.45, 7) is 2.57. The predicted molar refractivity (Wildman–Crippen MR) is 322 cm³/mol. The number of rotatable bonds is 46. The van der Waals surface area contributed by atoms with Gasteiger partial charge in [-0.2, -0.15) is 0 Å². The fourth-order valence-electron chi connectivity index (χ4n) is 8.96. The fourth-order valence-corrected chi connectivity index (χ4v) is 8.96. The number of carbonyl (C=O) groups excluding carboxylic acids is 1. The first-order valence-corrected chi connectivity index (χ1v) is 30.4. The molecule has 2 aliphatic heterocycles. The molecular weight excluding hydrogens is 1010 g/mol. The van der Waals surface area contributed by atoms with E-state index in [4.69, 9.17) is 18.9 Å². The third-order valence-electron chi connectivity index (χ3n) is 13.8. The molecule has 1 amide bonds. The average molecular weight is 1120 g/mol. The van der Waals surface area contributed by atoms with Crippen molar-refractivity contribution in [3.63, 3.8) is 0 Å². The van der Waals surface area contributed by atoms with E-state index >= 15 is 0 Å². The van der Waals surface area contributed by atoms with E-state index in [1.165, 1.54) is 25.7 Å². The van der Waals surface area contributed by atoms with Gasteiger partial charge in [-0.3, -0.25) is 4.79 Å². The third-order valence-corrected chi connectivity index (χ3v) is 13.8. The summed E-state index contributed by atoms with van der Waals surface area (Å²) in [6.07, 6.45) is 56.9. The molecule has 0 radical (unpaired) electrons. The number of allylic oxidation sites excluding steroid dienone is 21. The van der Waals surface area contributed by atoms with E-state index in [0.717, 1.165) is 128 Å². The first-order chi connectivity index (χ1) is 39.1. The Morgan fingerprint density at radius 2 is 0.863 bits per heavy atom. The first-order valence-electron chi connectivity index (χ1n) is 30.4. The number of carbonyl (C=O) groups is 1. The van der Waals surface area contributed by atoms with E-state index in [1.807, 2.05) is 6.08 Å². The number of amides is 1. The first kappa shape index (κ1) is 72.2. The van der Waals surface area contributed by atoms with Crippen LogP contribution in [0.3, 0.4) is 0 Å². The molecular formula is C66H107NO13. The molecule has 0 bridgehead atoms. The van der Waals surface area contributed by atoms with E-state index in [2.05, 4.69) is 141 Å². The lowest BCUT2D eigenvalue weighted by molar-refractivity contribution is -0.359. The van der Waals surface area contributed by atoms with Crippen molar-refractivity contribution >= 4 is 5.91 Å². The van der Waals surface area contributed by atoms with Crippen molar-refractivity contribution in [3.8, 4) is 0 Å². The van der Waals surface area contributed by atoms with Crippen molar-refractivity contribution < 1.29 is 64.6 Å². The zero-order valence-corrected chi connectivity index (χ0v) is 48.8. The van der Waals surface area contributed by atoms with Crippen LogP contribution in [0.1, 0.15) is 181 Å². The summed E-state index contributed by atoms with van der Waals surface area (Å²) in [7, 11) is 0. The lowest BCUT2D eigenvalue weighted by Crippen LogP contribution is -2.65. The van der Waals surface area contributed by atoms with Crippen LogP contribution in [0.4, 0.5) is 0 Å². The average Bonchev–Trinajstić information content (AvgIpc) is 3.48. The normalized spacial score (nSPS) is 25.2. The second-order valence-corrected chi connectivity index (χ2v) is 20.7. The van der Waals surface area contributed by atoms with Gasteiger partial charge in [0.1, 0.15) is 48.8 Å². The molecule has 2 heterocycles. The van der Waals surface area contributed by atoms with Crippen molar-refractivity contribution in [2.45, 2.75) is 254 Å². The van der Waals surface area contributed by atoms with Gasteiger partial charge in [0.15, 0.2) is 12.6 Å². The highest BCUT2D eigenvalue weighted by atomic mass is 16.7. The molecule has 0 saturated carbocycles. The maximum absolute atomic E-state index is 13.2. The van der Waals surface area contributed by atoms with Crippen LogP contribution >= 0.6 is 0 Å². The van der Waals surface area contributed by atoms with Crippen LogP contribution < -0.4 is 5.32 Å². The Hall–Kier alpha value is -3.87. The Bertz CT molecular complexity index is 1850. The van der Waals surface area contributed by atoms with Crippen LogP contribution in [0.25, 0.3) is 0 Å². The van der Waals surface area contributed by atoms with Crippen molar-refractivity contribution in [2.24, 2.45) is 0 Å². The highest BCUT2D eigenvalue weighted by molar-refractivity contribution is 5.76. The Balaban J connectivity index is 1.58. The van der Waals surface area contributed by atoms with Crippen LogP contribution in [0.15, 0.2) is 134 Å². The number of ether oxygens (including phenoxy) is 4. The maximum atomic E-state index is 13.2. The molecule has 0 aliphatic carbocycles. The summed E-state index contributed by atoms with van der Waals surface area (Å²) < 4.78 is 22.6. The highest BCUT2D eigenvalue weighted by Gasteiger charge is 2.51. The van der Waals surface area contributed by atoms with Crippen molar-refractivity contribution in [1.82, 2.24) is 5.32 Å². The van der Waals surface area contributed by atoms with Gasteiger partial charge in [0, 0.05) is 6.42 Å². The van der Waals surface area contributed by atoms with Gasteiger partial charge < -0.3 is 65.1 Å². The molecule has 0 aromatic rings.